The molecule has 34 heavy (non-hydrogen) atoms. The molecule has 0 saturated carbocycles. The van der Waals surface area contributed by atoms with Gasteiger partial charge in [0.25, 0.3) is 11.8 Å². The molecule has 1 atom stereocenters. The lowest BCUT2D eigenvalue weighted by Crippen LogP contribution is -2.52. The van der Waals surface area contributed by atoms with Gasteiger partial charge in [-0.25, -0.2) is 12.8 Å². The Morgan fingerprint density at radius 3 is 2.62 bits per heavy atom. The molecule has 2 aromatic carbocycles. The Balaban J connectivity index is 1.49. The van der Waals surface area contributed by atoms with Gasteiger partial charge in [0.15, 0.2) is 9.84 Å². The number of nitrogens with two attached hydrogens (primary N) is 1. The van der Waals surface area contributed by atoms with Crippen molar-refractivity contribution in [3.05, 3.63) is 58.4 Å². The Hall–Kier alpha value is -3.80. The molecule has 2 heterocycles. The van der Waals surface area contributed by atoms with Gasteiger partial charge in [-0.3, -0.25) is 24.5 Å². The summed E-state index contributed by atoms with van der Waals surface area (Å²) in [5, 5.41) is 4.72. The fourth-order valence-corrected chi connectivity index (χ4v) is 4.69. The maximum Gasteiger partial charge on any atom is 0.255 e. The molecule has 2 aliphatic heterocycles. The number of anilines is 1. The van der Waals surface area contributed by atoms with Gasteiger partial charge in [-0.15, -0.1) is 0 Å². The molecule has 0 bridgehead atoms. The van der Waals surface area contributed by atoms with Crippen molar-refractivity contribution in [1.82, 2.24) is 15.5 Å². The summed E-state index contributed by atoms with van der Waals surface area (Å²) >= 11 is 0. The Kier molecular flexibility index (Phi) is 5.86. The summed E-state index contributed by atoms with van der Waals surface area (Å²) in [6, 6.07) is 5.65. The highest BCUT2D eigenvalue weighted by Gasteiger charge is 2.40. The van der Waals surface area contributed by atoms with Crippen molar-refractivity contribution in [2.45, 2.75) is 36.9 Å². The van der Waals surface area contributed by atoms with Gasteiger partial charge < -0.3 is 16.0 Å². The predicted octanol–water partition coefficient (Wildman–Crippen LogP) is 0.502. The average molecular weight is 488 g/mol. The van der Waals surface area contributed by atoms with Crippen LogP contribution in [0.1, 0.15) is 44.7 Å². The third kappa shape index (κ3) is 4.23. The lowest BCUT2D eigenvalue weighted by atomic mass is 10.0. The van der Waals surface area contributed by atoms with E-state index in [2.05, 4.69) is 10.6 Å². The highest BCUT2D eigenvalue weighted by molar-refractivity contribution is 7.90. The molecule has 0 aromatic heterocycles. The molecule has 4 rings (SSSR count). The first-order valence-electron chi connectivity index (χ1n) is 10.3. The molecule has 10 nitrogen and oxygen atoms in total. The second kappa shape index (κ2) is 8.52. The molecule has 1 fully saturated rings. The van der Waals surface area contributed by atoms with E-state index >= 15 is 4.39 Å². The maximum atomic E-state index is 15.2. The van der Waals surface area contributed by atoms with Gasteiger partial charge in [0.05, 0.1) is 17.0 Å². The van der Waals surface area contributed by atoms with E-state index in [9.17, 15) is 27.6 Å². The standard InChI is InChI=1S/C22H21FN4O6S/c1-34(32,33)12-3-5-14(16(24)8-12)20(29)25-9-11-2-4-13-15(19(11)23)10-27(22(13)31)17-6-7-18(28)26-21(17)30/h2-5,8,17H,6-7,9-10,24H2,1H3,(H,25,29)(H,26,28,30). The molecule has 0 spiro atoms. The van der Waals surface area contributed by atoms with Crippen LogP contribution in [-0.2, 0) is 32.5 Å². The van der Waals surface area contributed by atoms with E-state index in [-0.39, 0.29) is 58.8 Å². The average Bonchev–Trinajstić information content (AvgIpc) is 3.09. The normalized spacial score (nSPS) is 18.0. The number of imide groups is 1. The largest absolute Gasteiger partial charge is 0.398 e. The van der Waals surface area contributed by atoms with Gasteiger partial charge in [0.1, 0.15) is 11.9 Å². The highest BCUT2D eigenvalue weighted by Crippen LogP contribution is 2.30. The van der Waals surface area contributed by atoms with Crippen LogP contribution in [0.4, 0.5) is 10.1 Å². The summed E-state index contributed by atoms with van der Waals surface area (Å²) in [5.41, 5.74) is 6.17. The second-order valence-electron chi connectivity index (χ2n) is 8.17. The number of amides is 4. The Bertz CT molecular complexity index is 1360. The first-order valence-corrected chi connectivity index (χ1v) is 12.2. The first-order chi connectivity index (χ1) is 16.0. The van der Waals surface area contributed by atoms with E-state index in [1.54, 1.807) is 0 Å². The minimum absolute atomic E-state index is 0.0311. The number of hydrogen-bond donors (Lipinski definition) is 3. The molecule has 4 amide bonds. The number of benzene rings is 2. The van der Waals surface area contributed by atoms with Crippen molar-refractivity contribution < 1.29 is 32.0 Å². The van der Waals surface area contributed by atoms with Crippen LogP contribution in [0.3, 0.4) is 0 Å². The van der Waals surface area contributed by atoms with Crippen LogP contribution in [-0.4, -0.2) is 49.2 Å². The Labute approximate surface area is 194 Å². The minimum Gasteiger partial charge on any atom is -0.398 e. The molecular formula is C22H21FN4O6S. The van der Waals surface area contributed by atoms with Crippen molar-refractivity contribution in [2.24, 2.45) is 0 Å². The van der Waals surface area contributed by atoms with Crippen LogP contribution in [0, 0.1) is 5.82 Å². The SMILES string of the molecule is CS(=O)(=O)c1ccc(C(=O)NCc2ccc3c(c2F)CN(C2CCC(=O)NC2=O)C3=O)c(N)c1. The molecule has 2 aromatic rings. The van der Waals surface area contributed by atoms with E-state index in [0.717, 1.165) is 6.26 Å². The molecule has 0 radical (unpaired) electrons. The van der Waals surface area contributed by atoms with E-state index in [1.807, 2.05) is 0 Å². The lowest BCUT2D eigenvalue weighted by Gasteiger charge is -2.29. The first kappa shape index (κ1) is 23.4. The fourth-order valence-electron chi connectivity index (χ4n) is 4.04. The molecule has 0 aliphatic carbocycles. The third-order valence-corrected chi connectivity index (χ3v) is 6.97. The number of halogens is 1. The predicted molar refractivity (Wildman–Crippen MR) is 118 cm³/mol. The number of nitrogen functional groups attached to an aromatic ring is 1. The van der Waals surface area contributed by atoms with E-state index in [4.69, 9.17) is 5.73 Å². The number of carbonyl (C=O) groups excluding carboxylic acids is 4. The molecular weight excluding hydrogens is 467 g/mol. The Morgan fingerprint density at radius 2 is 1.97 bits per heavy atom. The second-order valence-corrected chi connectivity index (χ2v) is 10.2. The highest BCUT2D eigenvalue weighted by atomic mass is 32.2. The lowest BCUT2D eigenvalue weighted by molar-refractivity contribution is -0.136. The molecule has 1 unspecified atom stereocenters. The van der Waals surface area contributed by atoms with Crippen LogP contribution in [0.25, 0.3) is 0 Å². The molecule has 178 valence electrons. The zero-order valence-corrected chi connectivity index (χ0v) is 18.9. The summed E-state index contributed by atoms with van der Waals surface area (Å²) in [6.45, 7) is -0.341. The van der Waals surface area contributed by atoms with Crippen molar-refractivity contribution in [1.29, 1.82) is 0 Å². The summed E-state index contributed by atoms with van der Waals surface area (Å²) in [6.07, 6.45) is 1.27. The van der Waals surface area contributed by atoms with Crippen molar-refractivity contribution in [2.75, 3.05) is 12.0 Å². The maximum absolute atomic E-state index is 15.2. The number of fused-ring (bicyclic) bond motifs is 1. The third-order valence-electron chi connectivity index (χ3n) is 5.86. The van der Waals surface area contributed by atoms with Crippen molar-refractivity contribution >= 4 is 39.2 Å². The number of nitrogens with one attached hydrogen (secondary N) is 2. The van der Waals surface area contributed by atoms with Crippen molar-refractivity contribution in [3.8, 4) is 0 Å². The molecule has 4 N–H and O–H groups in total. The zero-order valence-electron chi connectivity index (χ0n) is 18.1. The summed E-state index contributed by atoms with van der Waals surface area (Å²) in [7, 11) is -3.49. The number of sulfone groups is 1. The fraction of sp³-hybridized carbons (Fsp3) is 0.273. The molecule has 2 aliphatic rings. The van der Waals surface area contributed by atoms with Gasteiger partial charge in [0.2, 0.25) is 11.8 Å². The van der Waals surface area contributed by atoms with E-state index in [1.165, 1.54) is 35.2 Å². The van der Waals surface area contributed by atoms with Gasteiger partial charge in [0, 0.05) is 41.6 Å². The Morgan fingerprint density at radius 1 is 1.24 bits per heavy atom. The number of hydrogen-bond acceptors (Lipinski definition) is 7. The molecule has 12 heteroatoms. The van der Waals surface area contributed by atoms with E-state index in [0.29, 0.717) is 0 Å². The van der Waals surface area contributed by atoms with Crippen LogP contribution in [0.5, 0.6) is 0 Å². The summed E-state index contributed by atoms with van der Waals surface area (Å²) in [4.78, 5) is 50.0. The molecule has 1 saturated heterocycles. The summed E-state index contributed by atoms with van der Waals surface area (Å²) in [5.74, 6) is -2.82. The minimum atomic E-state index is -3.49. The van der Waals surface area contributed by atoms with Gasteiger partial charge in [-0.05, 0) is 30.7 Å². The van der Waals surface area contributed by atoms with Gasteiger partial charge in [-0.2, -0.15) is 0 Å². The van der Waals surface area contributed by atoms with Gasteiger partial charge in [-0.1, -0.05) is 6.07 Å². The van der Waals surface area contributed by atoms with Crippen LogP contribution >= 0.6 is 0 Å². The quantitative estimate of drug-likeness (QED) is 0.409. The smallest absolute Gasteiger partial charge is 0.255 e. The van der Waals surface area contributed by atoms with E-state index < -0.39 is 45.3 Å². The number of rotatable bonds is 5. The monoisotopic (exact) mass is 488 g/mol. The van der Waals surface area contributed by atoms with Crippen LogP contribution in [0.2, 0.25) is 0 Å². The topological polar surface area (TPSA) is 156 Å². The van der Waals surface area contributed by atoms with Crippen LogP contribution in [0.15, 0.2) is 35.2 Å². The van der Waals surface area contributed by atoms with Crippen molar-refractivity contribution in [3.63, 3.8) is 0 Å². The van der Waals surface area contributed by atoms with Gasteiger partial charge >= 0.3 is 0 Å². The zero-order chi connectivity index (χ0) is 24.8. The number of nitrogens with zero attached hydrogens (tertiary/aromatic N) is 1. The summed E-state index contributed by atoms with van der Waals surface area (Å²) < 4.78 is 38.4. The number of carbonyl (C=O) groups is 4. The van der Waals surface area contributed by atoms with Crippen LogP contribution < -0.4 is 16.4 Å². The number of piperidine rings is 1.